The minimum atomic E-state index is -0.651. The summed E-state index contributed by atoms with van der Waals surface area (Å²) in [7, 11) is 1.33. The molecule has 5 rings (SSSR count). The molecule has 0 aliphatic carbocycles. The van der Waals surface area contributed by atoms with E-state index in [2.05, 4.69) is 0 Å². The lowest BCUT2D eigenvalue weighted by molar-refractivity contribution is -0.136. The summed E-state index contributed by atoms with van der Waals surface area (Å²) in [6.07, 6.45) is 2.29. The van der Waals surface area contributed by atoms with E-state index in [9.17, 15) is 14.0 Å². The number of aromatic nitrogens is 1. The lowest BCUT2D eigenvalue weighted by atomic mass is 9.95. The van der Waals surface area contributed by atoms with Gasteiger partial charge >= 0.3 is 5.97 Å². The number of carbonyl (C=O) groups excluding carboxylic acids is 1. The Morgan fingerprint density at radius 1 is 1.05 bits per heavy atom. The van der Waals surface area contributed by atoms with Gasteiger partial charge in [-0.15, -0.1) is 0 Å². The molecule has 1 aliphatic heterocycles. The molecule has 0 saturated heterocycles. The first-order chi connectivity index (χ1) is 18.5. The number of methoxy groups -OCH3 is 1. The fraction of sp³-hybridized carbons (Fsp3) is 0.167. The van der Waals surface area contributed by atoms with Crippen LogP contribution in [-0.2, 0) is 16.1 Å². The number of nitrogens with zero attached hydrogens (tertiary/aromatic N) is 2. The Morgan fingerprint density at radius 2 is 1.76 bits per heavy atom. The van der Waals surface area contributed by atoms with Crippen molar-refractivity contribution >= 4 is 23.4 Å². The maximum Gasteiger partial charge on any atom is 0.338 e. The Kier molecular flexibility index (Phi) is 7.33. The van der Waals surface area contributed by atoms with Gasteiger partial charge < -0.3 is 9.47 Å². The van der Waals surface area contributed by atoms with Gasteiger partial charge in [0, 0.05) is 5.56 Å². The van der Waals surface area contributed by atoms with Crippen LogP contribution in [0.3, 0.4) is 0 Å². The standard InChI is InChI=1S/C30H25FN2O4S/c1-3-23-26(29(35)36-2)27(20-9-5-4-6-10-20)33-28(34)25(38-30(33)32-23)17-21-11-7-8-12-24(21)37-18-19-13-15-22(31)16-14-19/h4-17,27H,3,18H2,1-2H3/b25-17-/t27-/m1/s1. The van der Waals surface area contributed by atoms with Crippen molar-refractivity contribution in [3.63, 3.8) is 0 Å². The highest BCUT2D eigenvalue weighted by Gasteiger charge is 2.33. The molecule has 2 heterocycles. The van der Waals surface area contributed by atoms with Gasteiger partial charge in [0.1, 0.15) is 18.2 Å². The summed E-state index contributed by atoms with van der Waals surface area (Å²) in [5.41, 5.74) is 3.05. The number of esters is 1. The highest BCUT2D eigenvalue weighted by molar-refractivity contribution is 7.07. The molecule has 3 aromatic carbocycles. The quantitative estimate of drug-likeness (QED) is 0.331. The van der Waals surface area contributed by atoms with Crippen LogP contribution < -0.4 is 19.6 Å². The van der Waals surface area contributed by atoms with E-state index in [1.807, 2.05) is 61.5 Å². The predicted molar refractivity (Wildman–Crippen MR) is 144 cm³/mol. The van der Waals surface area contributed by atoms with Gasteiger partial charge in [0.2, 0.25) is 0 Å². The monoisotopic (exact) mass is 528 g/mol. The molecular weight excluding hydrogens is 503 g/mol. The van der Waals surface area contributed by atoms with E-state index >= 15 is 0 Å². The van der Waals surface area contributed by atoms with Crippen molar-refractivity contribution < 1.29 is 18.7 Å². The number of fused-ring (bicyclic) bond motifs is 1. The minimum Gasteiger partial charge on any atom is -0.488 e. The molecule has 0 spiro atoms. The summed E-state index contributed by atoms with van der Waals surface area (Å²) in [5, 5.41) is 0. The number of thiazole rings is 1. The van der Waals surface area contributed by atoms with Gasteiger partial charge in [0.25, 0.3) is 5.56 Å². The zero-order chi connectivity index (χ0) is 26.6. The summed E-state index contributed by atoms with van der Waals surface area (Å²) < 4.78 is 26.4. The fourth-order valence-corrected chi connectivity index (χ4v) is 5.44. The van der Waals surface area contributed by atoms with Gasteiger partial charge in [-0.05, 0) is 41.8 Å². The Morgan fingerprint density at radius 3 is 2.47 bits per heavy atom. The molecule has 8 heteroatoms. The van der Waals surface area contributed by atoms with E-state index in [4.69, 9.17) is 14.5 Å². The van der Waals surface area contributed by atoms with Crippen LogP contribution in [0, 0.1) is 5.82 Å². The van der Waals surface area contributed by atoms with E-state index in [0.717, 1.165) is 16.7 Å². The van der Waals surface area contributed by atoms with Gasteiger partial charge in [-0.2, -0.15) is 0 Å². The Bertz CT molecular complexity index is 1690. The van der Waals surface area contributed by atoms with E-state index in [1.54, 1.807) is 22.8 Å². The normalized spacial score (nSPS) is 15.1. The van der Waals surface area contributed by atoms with Gasteiger partial charge in [-0.3, -0.25) is 9.36 Å². The van der Waals surface area contributed by atoms with Crippen molar-refractivity contribution in [2.45, 2.75) is 26.0 Å². The van der Waals surface area contributed by atoms with E-state index in [-0.39, 0.29) is 18.0 Å². The first-order valence-corrected chi connectivity index (χ1v) is 13.0. The van der Waals surface area contributed by atoms with Gasteiger partial charge in [-0.1, -0.05) is 78.9 Å². The maximum absolute atomic E-state index is 13.8. The average Bonchev–Trinajstić information content (AvgIpc) is 3.26. The Labute approximate surface area is 222 Å². The molecule has 1 atom stereocenters. The summed E-state index contributed by atoms with van der Waals surface area (Å²) in [5.74, 6) is -0.222. The van der Waals surface area contributed by atoms with Gasteiger partial charge in [0.15, 0.2) is 4.80 Å². The van der Waals surface area contributed by atoms with Crippen LogP contribution in [0.5, 0.6) is 5.75 Å². The minimum absolute atomic E-state index is 0.253. The van der Waals surface area contributed by atoms with E-state index in [0.29, 0.717) is 32.8 Å². The Hall–Kier alpha value is -4.30. The second-order valence-corrected chi connectivity index (χ2v) is 9.66. The number of ether oxygens (including phenoxy) is 2. The molecule has 6 nitrogen and oxygen atoms in total. The number of hydrogen-bond acceptors (Lipinski definition) is 6. The molecule has 0 amide bonds. The number of benzene rings is 3. The van der Waals surface area contributed by atoms with Crippen LogP contribution in [0.2, 0.25) is 0 Å². The SMILES string of the molecule is CCC1=C(C(=O)OC)[C@@H](c2ccccc2)n2c(s/c(=C\c3ccccc3OCc3ccc(F)cc3)c2=O)=N1. The summed E-state index contributed by atoms with van der Waals surface area (Å²) in [6.45, 7) is 2.18. The molecule has 0 N–H and O–H groups in total. The molecule has 192 valence electrons. The van der Waals surface area contributed by atoms with Crippen molar-refractivity contribution in [1.29, 1.82) is 0 Å². The molecule has 1 aliphatic rings. The zero-order valence-electron chi connectivity index (χ0n) is 20.9. The molecule has 0 radical (unpaired) electrons. The van der Waals surface area contributed by atoms with E-state index in [1.165, 1.54) is 30.6 Å². The lowest BCUT2D eigenvalue weighted by Gasteiger charge is -2.25. The number of allylic oxidation sites excluding steroid dienone is 1. The summed E-state index contributed by atoms with van der Waals surface area (Å²) >= 11 is 1.27. The third kappa shape index (κ3) is 4.95. The third-order valence-corrected chi connectivity index (χ3v) is 7.26. The van der Waals surface area contributed by atoms with Gasteiger partial charge in [-0.25, -0.2) is 14.2 Å². The van der Waals surface area contributed by atoms with Gasteiger partial charge in [0.05, 0.1) is 29.0 Å². The van der Waals surface area contributed by atoms with Crippen LogP contribution in [0.1, 0.15) is 36.1 Å². The van der Waals surface area contributed by atoms with Crippen molar-refractivity contribution in [1.82, 2.24) is 4.57 Å². The molecular formula is C30H25FN2O4S. The number of halogens is 1. The molecule has 0 bridgehead atoms. The number of carbonyl (C=O) groups is 1. The second-order valence-electron chi connectivity index (χ2n) is 8.65. The molecule has 0 fully saturated rings. The zero-order valence-corrected chi connectivity index (χ0v) is 21.7. The average molecular weight is 529 g/mol. The summed E-state index contributed by atoms with van der Waals surface area (Å²) in [6, 6.07) is 22.3. The molecule has 4 aromatic rings. The molecule has 0 saturated carbocycles. The second kappa shape index (κ2) is 11.0. The molecule has 38 heavy (non-hydrogen) atoms. The number of rotatable bonds is 7. The molecule has 1 aromatic heterocycles. The van der Waals surface area contributed by atoms with Crippen LogP contribution in [0.4, 0.5) is 4.39 Å². The number of para-hydroxylation sites is 1. The topological polar surface area (TPSA) is 69.9 Å². The Balaban J connectivity index is 1.60. The van der Waals surface area contributed by atoms with Crippen molar-refractivity contribution in [2.75, 3.05) is 7.11 Å². The lowest BCUT2D eigenvalue weighted by Crippen LogP contribution is -2.40. The highest BCUT2D eigenvalue weighted by atomic mass is 32.1. The van der Waals surface area contributed by atoms with Crippen LogP contribution in [0.25, 0.3) is 6.08 Å². The van der Waals surface area contributed by atoms with Crippen molar-refractivity contribution in [2.24, 2.45) is 4.99 Å². The fourth-order valence-electron chi connectivity index (χ4n) is 4.43. The first kappa shape index (κ1) is 25.4. The predicted octanol–water partition coefficient (Wildman–Crippen LogP) is 4.52. The maximum atomic E-state index is 13.8. The smallest absolute Gasteiger partial charge is 0.338 e. The van der Waals surface area contributed by atoms with E-state index < -0.39 is 12.0 Å². The van der Waals surface area contributed by atoms with Crippen LogP contribution in [-0.4, -0.2) is 17.6 Å². The van der Waals surface area contributed by atoms with Crippen molar-refractivity contribution in [3.05, 3.63) is 132 Å². The molecule has 0 unspecified atom stereocenters. The highest BCUT2D eigenvalue weighted by Crippen LogP contribution is 2.31. The first-order valence-electron chi connectivity index (χ1n) is 12.1. The van der Waals surface area contributed by atoms with Crippen molar-refractivity contribution in [3.8, 4) is 5.75 Å². The summed E-state index contributed by atoms with van der Waals surface area (Å²) in [4.78, 5) is 31.9. The third-order valence-electron chi connectivity index (χ3n) is 6.28. The van der Waals surface area contributed by atoms with Crippen LogP contribution >= 0.6 is 11.3 Å². The number of hydrogen-bond donors (Lipinski definition) is 0. The van der Waals surface area contributed by atoms with Crippen LogP contribution in [0.15, 0.2) is 99.9 Å². The largest absolute Gasteiger partial charge is 0.488 e.